The van der Waals surface area contributed by atoms with Crippen LogP contribution >= 0.6 is 0 Å². The molecule has 1 saturated heterocycles. The molecule has 21 heavy (non-hydrogen) atoms. The van der Waals surface area contributed by atoms with Crippen LogP contribution in [0.1, 0.15) is 17.5 Å². The number of likely N-dealkylation sites (tertiary alicyclic amines) is 1. The Morgan fingerprint density at radius 1 is 0.905 bits per heavy atom. The van der Waals surface area contributed by atoms with Crippen LogP contribution in [-0.4, -0.2) is 23.8 Å². The number of nitrogens with zero attached hydrogens (tertiary/aromatic N) is 1. The Hall–Kier alpha value is -1.93. The third-order valence-corrected chi connectivity index (χ3v) is 4.18. The smallest absolute Gasteiger partial charge is 0.138 e. The summed E-state index contributed by atoms with van der Waals surface area (Å²) >= 11 is 0. The number of ketones is 1. The van der Waals surface area contributed by atoms with Crippen molar-refractivity contribution in [2.45, 2.75) is 19.4 Å². The van der Waals surface area contributed by atoms with Gasteiger partial charge in [0.15, 0.2) is 0 Å². The molecule has 0 N–H and O–H groups in total. The Morgan fingerprint density at radius 3 is 2.19 bits per heavy atom. The molecule has 0 aromatic heterocycles. The lowest BCUT2D eigenvalue weighted by atomic mass is 9.90. The zero-order valence-electron chi connectivity index (χ0n) is 12.2. The van der Waals surface area contributed by atoms with Gasteiger partial charge in [-0.25, -0.2) is 0 Å². The summed E-state index contributed by atoms with van der Waals surface area (Å²) in [4.78, 5) is 14.6. The first kappa shape index (κ1) is 14.0. The molecule has 0 unspecified atom stereocenters. The summed E-state index contributed by atoms with van der Waals surface area (Å²) in [5.41, 5.74) is 2.59. The molecule has 1 heterocycles. The van der Waals surface area contributed by atoms with Gasteiger partial charge in [0.05, 0.1) is 0 Å². The summed E-state index contributed by atoms with van der Waals surface area (Å²) in [6.45, 7) is 2.71. The van der Waals surface area contributed by atoms with E-state index in [4.69, 9.17) is 0 Å². The highest BCUT2D eigenvalue weighted by molar-refractivity contribution is 5.82. The van der Waals surface area contributed by atoms with Crippen molar-refractivity contribution in [1.82, 2.24) is 4.90 Å². The summed E-state index contributed by atoms with van der Waals surface area (Å²) in [6, 6.07) is 20.8. The van der Waals surface area contributed by atoms with E-state index in [1.165, 1.54) is 11.1 Å². The monoisotopic (exact) mass is 279 g/mol. The van der Waals surface area contributed by atoms with Crippen LogP contribution in [0.5, 0.6) is 0 Å². The third kappa shape index (κ3) is 3.79. The molecule has 2 aromatic carbocycles. The summed E-state index contributed by atoms with van der Waals surface area (Å²) in [6.07, 6.45) is 1.55. The predicted octanol–water partition coefficient (Wildman–Crippen LogP) is 3.32. The molecule has 108 valence electrons. The van der Waals surface area contributed by atoms with Gasteiger partial charge in [0, 0.05) is 32.0 Å². The van der Waals surface area contributed by atoms with Crippen LogP contribution in [-0.2, 0) is 17.8 Å². The molecule has 0 spiro atoms. The number of piperidine rings is 1. The fourth-order valence-corrected chi connectivity index (χ4v) is 3.04. The number of rotatable bonds is 4. The highest BCUT2D eigenvalue weighted by Crippen LogP contribution is 2.19. The van der Waals surface area contributed by atoms with Gasteiger partial charge in [0.2, 0.25) is 0 Å². The maximum atomic E-state index is 12.2. The average molecular weight is 279 g/mol. The Labute approximate surface area is 126 Å². The van der Waals surface area contributed by atoms with E-state index in [0.717, 1.165) is 26.1 Å². The fraction of sp³-hybridized carbons (Fsp3) is 0.316. The van der Waals surface area contributed by atoms with Crippen molar-refractivity contribution >= 4 is 5.78 Å². The zero-order chi connectivity index (χ0) is 14.5. The minimum absolute atomic E-state index is 0.143. The number of Topliss-reactive ketones (excluding diaryl/α,β-unsaturated/α-hetero) is 1. The maximum Gasteiger partial charge on any atom is 0.138 e. The van der Waals surface area contributed by atoms with E-state index < -0.39 is 0 Å². The summed E-state index contributed by atoms with van der Waals surface area (Å²) in [5.74, 6) is 0.563. The standard InChI is InChI=1S/C19H21NO/c21-19-11-12-20(14-17-9-5-2-6-10-17)15-18(19)13-16-7-3-1-4-8-16/h1-10,18H,11-15H2/t18-/m0/s1. The lowest BCUT2D eigenvalue weighted by Gasteiger charge is -2.31. The molecule has 1 aliphatic heterocycles. The van der Waals surface area contributed by atoms with E-state index in [9.17, 15) is 4.79 Å². The van der Waals surface area contributed by atoms with E-state index >= 15 is 0 Å². The summed E-state index contributed by atoms with van der Waals surface area (Å²) in [7, 11) is 0. The van der Waals surface area contributed by atoms with Gasteiger partial charge in [-0.3, -0.25) is 9.69 Å². The van der Waals surface area contributed by atoms with Crippen LogP contribution in [0.15, 0.2) is 60.7 Å². The van der Waals surface area contributed by atoms with E-state index in [1.807, 2.05) is 24.3 Å². The minimum atomic E-state index is 0.143. The van der Waals surface area contributed by atoms with Gasteiger partial charge in [-0.1, -0.05) is 60.7 Å². The first-order valence-electron chi connectivity index (χ1n) is 7.64. The molecule has 1 atom stereocenters. The maximum absolute atomic E-state index is 12.2. The number of hydrogen-bond acceptors (Lipinski definition) is 2. The van der Waals surface area contributed by atoms with Crippen molar-refractivity contribution in [2.75, 3.05) is 13.1 Å². The molecule has 0 amide bonds. The van der Waals surface area contributed by atoms with Gasteiger partial charge in [-0.15, -0.1) is 0 Å². The van der Waals surface area contributed by atoms with Gasteiger partial charge < -0.3 is 0 Å². The van der Waals surface area contributed by atoms with Crippen LogP contribution in [0, 0.1) is 5.92 Å². The Kier molecular flexibility index (Phi) is 4.46. The van der Waals surface area contributed by atoms with E-state index in [-0.39, 0.29) is 5.92 Å². The molecule has 0 aliphatic carbocycles. The van der Waals surface area contributed by atoms with E-state index in [2.05, 4.69) is 41.3 Å². The molecular formula is C19H21NO. The Morgan fingerprint density at radius 2 is 1.52 bits per heavy atom. The predicted molar refractivity (Wildman–Crippen MR) is 85.0 cm³/mol. The largest absolute Gasteiger partial charge is 0.299 e. The van der Waals surface area contributed by atoms with Crippen LogP contribution < -0.4 is 0 Å². The zero-order valence-corrected chi connectivity index (χ0v) is 12.2. The average Bonchev–Trinajstić information content (AvgIpc) is 2.53. The molecule has 2 nitrogen and oxygen atoms in total. The third-order valence-electron chi connectivity index (χ3n) is 4.18. The second kappa shape index (κ2) is 6.68. The Balaban J connectivity index is 1.63. The van der Waals surface area contributed by atoms with Crippen LogP contribution in [0.2, 0.25) is 0 Å². The number of hydrogen-bond donors (Lipinski definition) is 0. The second-order valence-corrected chi connectivity index (χ2v) is 5.82. The molecule has 0 radical (unpaired) electrons. The number of carbonyl (C=O) groups is 1. The van der Waals surface area contributed by atoms with Gasteiger partial charge in [-0.2, -0.15) is 0 Å². The molecule has 1 aliphatic rings. The molecule has 0 bridgehead atoms. The lowest BCUT2D eigenvalue weighted by Crippen LogP contribution is -2.41. The summed E-state index contributed by atoms with van der Waals surface area (Å²) in [5, 5.41) is 0. The van der Waals surface area contributed by atoms with Crippen LogP contribution in [0.4, 0.5) is 0 Å². The lowest BCUT2D eigenvalue weighted by molar-refractivity contribution is -0.126. The number of carbonyl (C=O) groups excluding carboxylic acids is 1. The van der Waals surface area contributed by atoms with Crippen molar-refractivity contribution in [3.05, 3.63) is 71.8 Å². The second-order valence-electron chi connectivity index (χ2n) is 5.82. The van der Waals surface area contributed by atoms with Gasteiger partial charge in [0.25, 0.3) is 0 Å². The van der Waals surface area contributed by atoms with E-state index in [0.29, 0.717) is 12.2 Å². The van der Waals surface area contributed by atoms with Crippen molar-refractivity contribution in [3.63, 3.8) is 0 Å². The molecule has 3 rings (SSSR count). The topological polar surface area (TPSA) is 20.3 Å². The highest BCUT2D eigenvalue weighted by atomic mass is 16.1. The quantitative estimate of drug-likeness (QED) is 0.855. The minimum Gasteiger partial charge on any atom is -0.299 e. The fourth-order valence-electron chi connectivity index (χ4n) is 3.04. The van der Waals surface area contributed by atoms with Crippen molar-refractivity contribution in [2.24, 2.45) is 5.92 Å². The molecule has 1 fully saturated rings. The van der Waals surface area contributed by atoms with Crippen LogP contribution in [0.3, 0.4) is 0 Å². The summed E-state index contributed by atoms with van der Waals surface area (Å²) < 4.78 is 0. The molecule has 2 heteroatoms. The van der Waals surface area contributed by atoms with Crippen molar-refractivity contribution < 1.29 is 4.79 Å². The van der Waals surface area contributed by atoms with Crippen molar-refractivity contribution in [3.8, 4) is 0 Å². The van der Waals surface area contributed by atoms with Crippen LogP contribution in [0.25, 0.3) is 0 Å². The van der Waals surface area contributed by atoms with Gasteiger partial charge in [-0.05, 0) is 17.5 Å². The van der Waals surface area contributed by atoms with Gasteiger partial charge in [0.1, 0.15) is 5.78 Å². The molecule has 2 aromatic rings. The number of benzene rings is 2. The van der Waals surface area contributed by atoms with E-state index in [1.54, 1.807) is 0 Å². The SMILES string of the molecule is O=C1CCN(Cc2ccccc2)C[C@@H]1Cc1ccccc1. The Bertz CT molecular complexity index is 579. The molecular weight excluding hydrogens is 258 g/mol. The van der Waals surface area contributed by atoms with Gasteiger partial charge >= 0.3 is 0 Å². The van der Waals surface area contributed by atoms with Crippen molar-refractivity contribution in [1.29, 1.82) is 0 Å². The normalized spacial score (nSPS) is 19.6. The first-order chi connectivity index (χ1) is 10.3. The molecule has 0 saturated carbocycles. The highest BCUT2D eigenvalue weighted by Gasteiger charge is 2.27. The first-order valence-corrected chi connectivity index (χ1v) is 7.64.